The summed E-state index contributed by atoms with van der Waals surface area (Å²) in [5.41, 5.74) is 2.08. The first-order valence-corrected chi connectivity index (χ1v) is 8.87. The van der Waals surface area contributed by atoms with Gasteiger partial charge in [-0.3, -0.25) is 4.79 Å². The summed E-state index contributed by atoms with van der Waals surface area (Å²) in [6.45, 7) is 2.93. The van der Waals surface area contributed by atoms with E-state index in [0.717, 1.165) is 24.9 Å². The number of aromatic carboxylic acids is 1. The number of rotatable bonds is 3. The molecule has 7 heteroatoms. The number of nitrogens with zero attached hydrogens (tertiary/aromatic N) is 3. The van der Waals surface area contributed by atoms with Gasteiger partial charge in [-0.1, -0.05) is 0 Å². The number of carbonyl (C=O) groups excluding carboxylic acids is 1. The third-order valence-electron chi connectivity index (χ3n) is 5.34. The van der Waals surface area contributed by atoms with Crippen LogP contribution in [0.15, 0.2) is 30.5 Å². The zero-order valence-electron chi connectivity index (χ0n) is 14.6. The summed E-state index contributed by atoms with van der Waals surface area (Å²) < 4.78 is 7.35. The minimum atomic E-state index is -1.00. The van der Waals surface area contributed by atoms with Crippen molar-refractivity contribution in [2.24, 2.45) is 0 Å². The van der Waals surface area contributed by atoms with Crippen molar-refractivity contribution in [3.8, 4) is 5.69 Å². The molecule has 1 amide bonds. The molecule has 2 atom stereocenters. The minimum Gasteiger partial charge on any atom is -0.478 e. The first-order valence-electron chi connectivity index (χ1n) is 8.87. The van der Waals surface area contributed by atoms with E-state index in [1.807, 2.05) is 4.90 Å². The number of ether oxygens (including phenoxy) is 1. The Hall–Kier alpha value is -2.67. The second-order valence-corrected chi connectivity index (χ2v) is 6.81. The molecule has 1 aromatic carbocycles. The first-order chi connectivity index (χ1) is 12.6. The van der Waals surface area contributed by atoms with Crippen molar-refractivity contribution in [3.05, 3.63) is 47.3 Å². The summed E-state index contributed by atoms with van der Waals surface area (Å²) in [6.07, 6.45) is 4.64. The molecule has 136 valence electrons. The van der Waals surface area contributed by atoms with Gasteiger partial charge in [-0.15, -0.1) is 0 Å². The largest absolute Gasteiger partial charge is 0.478 e. The van der Waals surface area contributed by atoms with Gasteiger partial charge in [0.1, 0.15) is 5.56 Å². The molecule has 1 N–H and O–H groups in total. The van der Waals surface area contributed by atoms with Gasteiger partial charge in [-0.25, -0.2) is 9.48 Å². The Morgan fingerprint density at radius 2 is 2.00 bits per heavy atom. The Bertz CT molecular complexity index is 843. The van der Waals surface area contributed by atoms with E-state index in [9.17, 15) is 9.59 Å². The van der Waals surface area contributed by atoms with Crippen LogP contribution in [0.3, 0.4) is 0 Å². The topological polar surface area (TPSA) is 84.7 Å². The number of carbonyl (C=O) groups is 2. The molecule has 0 unspecified atom stereocenters. The van der Waals surface area contributed by atoms with Gasteiger partial charge in [0, 0.05) is 12.1 Å². The molecule has 2 heterocycles. The van der Waals surface area contributed by atoms with Crippen LogP contribution < -0.4 is 0 Å². The van der Waals surface area contributed by atoms with Crippen molar-refractivity contribution < 1.29 is 19.4 Å². The first kappa shape index (κ1) is 16.8. The number of fused-ring (bicyclic) bond motifs is 1. The Balaban J connectivity index is 1.56. The smallest absolute Gasteiger partial charge is 0.339 e. The van der Waals surface area contributed by atoms with Crippen molar-refractivity contribution >= 4 is 11.9 Å². The minimum absolute atomic E-state index is 0.0279. The van der Waals surface area contributed by atoms with E-state index in [4.69, 9.17) is 9.84 Å². The highest BCUT2D eigenvalue weighted by Crippen LogP contribution is 2.30. The molecule has 26 heavy (non-hydrogen) atoms. The molecule has 1 aliphatic carbocycles. The zero-order valence-corrected chi connectivity index (χ0v) is 14.6. The quantitative estimate of drug-likeness (QED) is 0.913. The Kier molecular flexibility index (Phi) is 4.24. The summed E-state index contributed by atoms with van der Waals surface area (Å²) in [5.74, 6) is -0.973. The van der Waals surface area contributed by atoms with Crippen molar-refractivity contribution in [1.29, 1.82) is 0 Å². The maximum atomic E-state index is 12.9. The van der Waals surface area contributed by atoms with Gasteiger partial charge in [-0.05, 0) is 50.5 Å². The van der Waals surface area contributed by atoms with E-state index < -0.39 is 5.97 Å². The van der Waals surface area contributed by atoms with Crippen LogP contribution in [0, 0.1) is 6.92 Å². The number of amides is 1. The van der Waals surface area contributed by atoms with Crippen molar-refractivity contribution in [2.75, 3.05) is 13.2 Å². The molecule has 4 rings (SSSR count). The molecule has 7 nitrogen and oxygen atoms in total. The number of morpholine rings is 1. The van der Waals surface area contributed by atoms with E-state index in [-0.39, 0.29) is 23.6 Å². The maximum Gasteiger partial charge on any atom is 0.339 e. The molecule has 0 radical (unpaired) electrons. The normalized spacial score (nSPS) is 22.3. The third-order valence-corrected chi connectivity index (χ3v) is 5.34. The molecule has 2 aliphatic rings. The van der Waals surface area contributed by atoms with Crippen molar-refractivity contribution in [2.45, 2.75) is 38.3 Å². The predicted octanol–water partition coefficient (Wildman–Crippen LogP) is 2.27. The lowest BCUT2D eigenvalue weighted by molar-refractivity contribution is -0.0445. The molecule has 2 aromatic rings. The zero-order chi connectivity index (χ0) is 18.3. The predicted molar refractivity (Wildman–Crippen MR) is 93.7 cm³/mol. The Morgan fingerprint density at radius 3 is 2.69 bits per heavy atom. The monoisotopic (exact) mass is 355 g/mol. The average Bonchev–Trinajstić information content (AvgIpc) is 3.27. The van der Waals surface area contributed by atoms with E-state index in [1.165, 1.54) is 6.20 Å². The fourth-order valence-corrected chi connectivity index (χ4v) is 3.97. The van der Waals surface area contributed by atoms with Gasteiger partial charge in [0.25, 0.3) is 5.91 Å². The van der Waals surface area contributed by atoms with Gasteiger partial charge < -0.3 is 14.7 Å². The highest BCUT2D eigenvalue weighted by atomic mass is 16.5. The number of hydrogen-bond donors (Lipinski definition) is 1. The fraction of sp³-hybridized carbons (Fsp3) is 0.421. The van der Waals surface area contributed by atoms with Crippen LogP contribution in [0.25, 0.3) is 5.69 Å². The molecular formula is C19H21N3O4. The van der Waals surface area contributed by atoms with Crippen LogP contribution in [0.5, 0.6) is 0 Å². The number of carboxylic acid groups (broad SMARTS) is 1. The molecule has 0 spiro atoms. The maximum absolute atomic E-state index is 12.9. The number of carboxylic acids is 1. The molecule has 1 aliphatic heterocycles. The van der Waals surface area contributed by atoms with E-state index in [1.54, 1.807) is 35.9 Å². The van der Waals surface area contributed by atoms with Gasteiger partial charge >= 0.3 is 5.97 Å². The summed E-state index contributed by atoms with van der Waals surface area (Å²) in [4.78, 5) is 26.0. The van der Waals surface area contributed by atoms with Gasteiger partial charge in [0.05, 0.1) is 36.3 Å². The number of aromatic nitrogens is 2. The molecule has 1 saturated carbocycles. The van der Waals surface area contributed by atoms with Crippen molar-refractivity contribution in [3.63, 3.8) is 0 Å². The summed E-state index contributed by atoms with van der Waals surface area (Å²) in [5, 5.41) is 13.3. The van der Waals surface area contributed by atoms with Crippen LogP contribution >= 0.6 is 0 Å². The van der Waals surface area contributed by atoms with Gasteiger partial charge in [0.15, 0.2) is 0 Å². The molecule has 2 fully saturated rings. The van der Waals surface area contributed by atoms with Gasteiger partial charge in [-0.2, -0.15) is 5.10 Å². The van der Waals surface area contributed by atoms with Crippen LogP contribution in [0.1, 0.15) is 45.7 Å². The summed E-state index contributed by atoms with van der Waals surface area (Å²) >= 11 is 0. The highest BCUT2D eigenvalue weighted by Gasteiger charge is 2.38. The van der Waals surface area contributed by atoms with Crippen LogP contribution in [-0.2, 0) is 4.74 Å². The number of hydrogen-bond acceptors (Lipinski definition) is 4. The second kappa shape index (κ2) is 6.57. The van der Waals surface area contributed by atoms with E-state index in [2.05, 4.69) is 5.10 Å². The highest BCUT2D eigenvalue weighted by molar-refractivity contribution is 5.94. The standard InChI is InChI=1S/C19H21N3O4/c1-12-15(19(24)25)11-20-22(12)14-7-5-13(6-8-14)18(23)21-9-10-26-17-4-2-3-16(17)21/h5-8,11,16-17H,2-4,9-10H2,1H3,(H,24,25)/t16-,17+/m1/s1. The summed E-state index contributed by atoms with van der Waals surface area (Å²) in [7, 11) is 0. The molecule has 1 saturated heterocycles. The second-order valence-electron chi connectivity index (χ2n) is 6.81. The van der Waals surface area contributed by atoms with E-state index >= 15 is 0 Å². The third kappa shape index (κ3) is 2.78. The van der Waals surface area contributed by atoms with Crippen LogP contribution in [0.4, 0.5) is 0 Å². The summed E-state index contributed by atoms with van der Waals surface area (Å²) in [6, 6.07) is 7.33. The van der Waals surface area contributed by atoms with Crippen molar-refractivity contribution in [1.82, 2.24) is 14.7 Å². The molecular weight excluding hydrogens is 334 g/mol. The fourth-order valence-electron chi connectivity index (χ4n) is 3.97. The average molecular weight is 355 g/mol. The SMILES string of the molecule is Cc1c(C(=O)O)cnn1-c1ccc(C(=O)N2CCO[C@H]3CCC[C@H]32)cc1. The Labute approximate surface area is 151 Å². The lowest BCUT2D eigenvalue weighted by atomic mass is 10.1. The molecule has 0 bridgehead atoms. The molecule has 1 aromatic heterocycles. The van der Waals surface area contributed by atoms with Crippen LogP contribution in [0.2, 0.25) is 0 Å². The van der Waals surface area contributed by atoms with Crippen LogP contribution in [-0.4, -0.2) is 57.0 Å². The number of benzene rings is 1. The Morgan fingerprint density at radius 1 is 1.23 bits per heavy atom. The van der Waals surface area contributed by atoms with Gasteiger partial charge in [0.2, 0.25) is 0 Å². The van der Waals surface area contributed by atoms with E-state index in [0.29, 0.717) is 24.4 Å². The lowest BCUT2D eigenvalue weighted by Crippen LogP contribution is -2.51. The lowest BCUT2D eigenvalue weighted by Gasteiger charge is -2.37.